The molecule has 0 atom stereocenters. The van der Waals surface area contributed by atoms with Crippen LogP contribution in [-0.2, 0) is 0 Å². The van der Waals surface area contributed by atoms with Gasteiger partial charge in [-0.25, -0.2) is 0 Å². The molecule has 1 heterocycles. The first-order valence-corrected chi connectivity index (χ1v) is 4.87. The molecule has 0 bridgehead atoms. The minimum atomic E-state index is -0.333. The number of rotatable bonds is 3. The van der Waals surface area contributed by atoms with E-state index in [0.717, 1.165) is 0 Å². The first-order valence-electron chi connectivity index (χ1n) is 4.87. The summed E-state index contributed by atoms with van der Waals surface area (Å²) >= 11 is 0. The van der Waals surface area contributed by atoms with E-state index >= 15 is 0 Å². The average Bonchev–Trinajstić information content (AvgIpc) is 2.28. The number of amides is 1. The van der Waals surface area contributed by atoms with Gasteiger partial charge in [0.15, 0.2) is 0 Å². The fourth-order valence-electron chi connectivity index (χ4n) is 1.10. The van der Waals surface area contributed by atoms with Crippen LogP contribution in [0.3, 0.4) is 0 Å². The summed E-state index contributed by atoms with van der Waals surface area (Å²) in [6, 6.07) is 3.40. The van der Waals surface area contributed by atoms with Crippen LogP contribution in [0.15, 0.2) is 24.5 Å². The van der Waals surface area contributed by atoms with E-state index in [2.05, 4.69) is 4.98 Å². The van der Waals surface area contributed by atoms with Crippen LogP contribution in [0.25, 0.3) is 0 Å². The van der Waals surface area contributed by atoms with Crippen molar-refractivity contribution in [2.45, 2.75) is 19.4 Å². The van der Waals surface area contributed by atoms with E-state index in [4.69, 9.17) is 5.73 Å². The molecule has 82 valence electrons. The van der Waals surface area contributed by atoms with Gasteiger partial charge in [-0.05, 0) is 26.0 Å². The van der Waals surface area contributed by atoms with Crippen LogP contribution >= 0.6 is 0 Å². The standard InChI is InChI=1S/C11H17N3O/c1-11(2,8-12)14(3)10(15)9-4-6-13-7-5-9/h4-7H,8,12H2,1-3H3. The SMILES string of the molecule is CN(C(=O)c1ccncc1)C(C)(C)CN. The fraction of sp³-hybridized carbons (Fsp3) is 0.455. The molecule has 2 N–H and O–H groups in total. The largest absolute Gasteiger partial charge is 0.335 e. The predicted octanol–water partition coefficient (Wildman–Crippen LogP) is 0.891. The highest BCUT2D eigenvalue weighted by Gasteiger charge is 2.26. The summed E-state index contributed by atoms with van der Waals surface area (Å²) in [4.78, 5) is 17.5. The second kappa shape index (κ2) is 4.40. The molecule has 1 amide bonds. The van der Waals surface area contributed by atoms with Gasteiger partial charge < -0.3 is 10.6 Å². The molecule has 0 spiro atoms. The summed E-state index contributed by atoms with van der Waals surface area (Å²) in [6.07, 6.45) is 3.22. The van der Waals surface area contributed by atoms with Crippen molar-refractivity contribution >= 4 is 5.91 Å². The maximum absolute atomic E-state index is 12.0. The van der Waals surface area contributed by atoms with E-state index in [1.807, 2.05) is 13.8 Å². The zero-order valence-corrected chi connectivity index (χ0v) is 9.40. The van der Waals surface area contributed by atoms with Gasteiger partial charge in [-0.3, -0.25) is 9.78 Å². The number of nitrogens with zero attached hydrogens (tertiary/aromatic N) is 2. The lowest BCUT2D eigenvalue weighted by atomic mass is 10.0. The second-order valence-corrected chi connectivity index (χ2v) is 4.12. The van der Waals surface area contributed by atoms with Gasteiger partial charge in [0, 0.05) is 37.1 Å². The third-order valence-corrected chi connectivity index (χ3v) is 2.64. The Labute approximate surface area is 90.1 Å². The molecule has 4 nitrogen and oxygen atoms in total. The van der Waals surface area contributed by atoms with Gasteiger partial charge in [0.2, 0.25) is 0 Å². The van der Waals surface area contributed by atoms with E-state index in [1.54, 1.807) is 36.5 Å². The Morgan fingerprint density at radius 3 is 2.47 bits per heavy atom. The number of carbonyl (C=O) groups is 1. The molecular formula is C11H17N3O. The molecule has 0 aliphatic carbocycles. The van der Waals surface area contributed by atoms with Gasteiger partial charge in [0.1, 0.15) is 0 Å². The van der Waals surface area contributed by atoms with Crippen LogP contribution < -0.4 is 5.73 Å². The molecule has 1 aromatic rings. The molecule has 0 saturated carbocycles. The molecule has 1 aromatic heterocycles. The third kappa shape index (κ3) is 2.53. The van der Waals surface area contributed by atoms with Crippen molar-refractivity contribution in [1.82, 2.24) is 9.88 Å². The molecule has 0 radical (unpaired) electrons. The highest BCUT2D eigenvalue weighted by atomic mass is 16.2. The summed E-state index contributed by atoms with van der Waals surface area (Å²) in [7, 11) is 1.76. The topological polar surface area (TPSA) is 59.2 Å². The first kappa shape index (κ1) is 11.7. The number of hydrogen-bond donors (Lipinski definition) is 1. The first-order chi connectivity index (χ1) is 6.99. The molecule has 0 aliphatic heterocycles. The maximum atomic E-state index is 12.0. The van der Waals surface area contributed by atoms with Crippen LogP contribution in [0, 0.1) is 0 Å². The molecule has 0 fully saturated rings. The quantitative estimate of drug-likeness (QED) is 0.800. The monoisotopic (exact) mass is 207 g/mol. The molecular weight excluding hydrogens is 190 g/mol. The third-order valence-electron chi connectivity index (χ3n) is 2.64. The van der Waals surface area contributed by atoms with E-state index in [1.165, 1.54) is 0 Å². The Kier molecular flexibility index (Phi) is 3.42. The summed E-state index contributed by atoms with van der Waals surface area (Å²) < 4.78 is 0. The Morgan fingerprint density at radius 1 is 1.47 bits per heavy atom. The summed E-state index contributed by atoms with van der Waals surface area (Å²) in [5.74, 6) is -0.0344. The summed E-state index contributed by atoms with van der Waals surface area (Å²) in [5.41, 5.74) is 5.92. The minimum Gasteiger partial charge on any atom is -0.335 e. The van der Waals surface area contributed by atoms with Crippen LogP contribution in [0.2, 0.25) is 0 Å². The van der Waals surface area contributed by atoms with Crippen LogP contribution in [0.1, 0.15) is 24.2 Å². The molecule has 0 aromatic carbocycles. The zero-order chi connectivity index (χ0) is 11.5. The van der Waals surface area contributed by atoms with Gasteiger partial charge >= 0.3 is 0 Å². The summed E-state index contributed by atoms with van der Waals surface area (Å²) in [5, 5.41) is 0. The van der Waals surface area contributed by atoms with Crippen molar-refractivity contribution in [2.75, 3.05) is 13.6 Å². The molecule has 0 unspecified atom stereocenters. The number of aromatic nitrogens is 1. The van der Waals surface area contributed by atoms with Crippen LogP contribution in [-0.4, -0.2) is 34.9 Å². The molecule has 15 heavy (non-hydrogen) atoms. The Balaban J connectivity index is 2.87. The van der Waals surface area contributed by atoms with Crippen molar-refractivity contribution in [3.8, 4) is 0 Å². The van der Waals surface area contributed by atoms with Gasteiger partial charge in [0.25, 0.3) is 5.91 Å². The Hall–Kier alpha value is -1.42. The lowest BCUT2D eigenvalue weighted by Crippen LogP contribution is -2.50. The van der Waals surface area contributed by atoms with Crippen molar-refractivity contribution in [2.24, 2.45) is 5.73 Å². The van der Waals surface area contributed by atoms with Crippen molar-refractivity contribution in [3.05, 3.63) is 30.1 Å². The molecule has 4 heteroatoms. The van der Waals surface area contributed by atoms with Crippen LogP contribution in [0.4, 0.5) is 0 Å². The maximum Gasteiger partial charge on any atom is 0.254 e. The molecule has 1 rings (SSSR count). The minimum absolute atomic E-state index is 0.0344. The normalized spacial score (nSPS) is 11.2. The van der Waals surface area contributed by atoms with E-state index in [0.29, 0.717) is 12.1 Å². The van der Waals surface area contributed by atoms with Crippen LogP contribution in [0.5, 0.6) is 0 Å². The van der Waals surface area contributed by atoms with Gasteiger partial charge in [0.05, 0.1) is 0 Å². The van der Waals surface area contributed by atoms with E-state index in [-0.39, 0.29) is 11.4 Å². The molecule has 0 saturated heterocycles. The second-order valence-electron chi connectivity index (χ2n) is 4.12. The van der Waals surface area contributed by atoms with Crippen molar-refractivity contribution in [3.63, 3.8) is 0 Å². The van der Waals surface area contributed by atoms with Crippen molar-refractivity contribution in [1.29, 1.82) is 0 Å². The smallest absolute Gasteiger partial charge is 0.254 e. The number of hydrogen-bond acceptors (Lipinski definition) is 3. The van der Waals surface area contributed by atoms with Gasteiger partial charge in [-0.1, -0.05) is 0 Å². The lowest BCUT2D eigenvalue weighted by molar-refractivity contribution is 0.0640. The summed E-state index contributed by atoms with van der Waals surface area (Å²) in [6.45, 7) is 4.30. The lowest BCUT2D eigenvalue weighted by Gasteiger charge is -2.34. The zero-order valence-electron chi connectivity index (χ0n) is 9.40. The highest BCUT2D eigenvalue weighted by molar-refractivity contribution is 5.94. The fourth-order valence-corrected chi connectivity index (χ4v) is 1.10. The van der Waals surface area contributed by atoms with Gasteiger partial charge in [-0.2, -0.15) is 0 Å². The van der Waals surface area contributed by atoms with Gasteiger partial charge in [-0.15, -0.1) is 0 Å². The number of nitrogens with two attached hydrogens (primary N) is 1. The van der Waals surface area contributed by atoms with E-state index < -0.39 is 0 Å². The average molecular weight is 207 g/mol. The molecule has 0 aliphatic rings. The van der Waals surface area contributed by atoms with Crippen molar-refractivity contribution < 1.29 is 4.79 Å². The number of pyridine rings is 1. The highest BCUT2D eigenvalue weighted by Crippen LogP contribution is 2.13. The van der Waals surface area contributed by atoms with E-state index in [9.17, 15) is 4.79 Å². The number of likely N-dealkylation sites (N-methyl/N-ethyl adjacent to an activating group) is 1. The Bertz CT molecular complexity index is 335. The Morgan fingerprint density at radius 2 is 2.00 bits per heavy atom. The number of carbonyl (C=O) groups excluding carboxylic acids is 1. The predicted molar refractivity (Wildman–Crippen MR) is 59.5 cm³/mol.